The van der Waals surface area contributed by atoms with Gasteiger partial charge in [-0.3, -0.25) is 10.3 Å². The van der Waals surface area contributed by atoms with Crippen molar-refractivity contribution in [3.63, 3.8) is 0 Å². The largest absolute Gasteiger partial charge is 0.388 e. The summed E-state index contributed by atoms with van der Waals surface area (Å²) in [5, 5.41) is 7.25. The first kappa shape index (κ1) is 13.5. The molecule has 0 saturated carbocycles. The van der Waals surface area contributed by atoms with Crippen molar-refractivity contribution in [1.82, 2.24) is 4.90 Å². The van der Waals surface area contributed by atoms with Crippen LogP contribution in [0.1, 0.15) is 25.1 Å². The number of halogens is 1. The van der Waals surface area contributed by atoms with Gasteiger partial charge in [0.1, 0.15) is 0 Å². The first-order chi connectivity index (χ1) is 7.49. The Morgan fingerprint density at radius 3 is 2.69 bits per heavy atom. The maximum absolute atomic E-state index is 7.25. The maximum atomic E-state index is 7.25. The molecule has 0 aliphatic carbocycles. The predicted octanol–water partition coefficient (Wildman–Crippen LogP) is 2.94. The molecule has 3 nitrogen and oxygen atoms in total. The van der Waals surface area contributed by atoms with E-state index in [1.165, 1.54) is 4.88 Å². The highest BCUT2D eigenvalue weighted by atomic mass is 35.5. The van der Waals surface area contributed by atoms with Gasteiger partial charge in [-0.25, -0.2) is 0 Å². The lowest BCUT2D eigenvalue weighted by molar-refractivity contribution is 0.221. The molecule has 0 aliphatic heterocycles. The molecule has 0 bridgehead atoms. The number of amidine groups is 1. The molecule has 1 aromatic heterocycles. The van der Waals surface area contributed by atoms with Crippen LogP contribution in [-0.4, -0.2) is 23.3 Å². The highest BCUT2D eigenvalue weighted by Gasteiger charge is 2.11. The van der Waals surface area contributed by atoms with Gasteiger partial charge < -0.3 is 5.73 Å². The zero-order valence-corrected chi connectivity index (χ0v) is 11.2. The lowest BCUT2D eigenvalue weighted by Gasteiger charge is -2.25. The number of thiophene rings is 1. The Hall–Kier alpha value is -0.580. The van der Waals surface area contributed by atoms with Crippen LogP contribution in [0.2, 0.25) is 4.34 Å². The first-order valence-electron chi connectivity index (χ1n) is 5.30. The van der Waals surface area contributed by atoms with Gasteiger partial charge in [-0.2, -0.15) is 0 Å². The molecule has 0 saturated heterocycles. The fraction of sp³-hybridized carbons (Fsp3) is 0.545. The third-order valence-electron chi connectivity index (χ3n) is 2.39. The van der Waals surface area contributed by atoms with E-state index in [9.17, 15) is 0 Å². The van der Waals surface area contributed by atoms with Crippen molar-refractivity contribution in [3.05, 3.63) is 21.3 Å². The molecule has 1 aromatic rings. The fourth-order valence-electron chi connectivity index (χ4n) is 1.42. The molecule has 5 heteroatoms. The molecule has 0 fully saturated rings. The van der Waals surface area contributed by atoms with Gasteiger partial charge in [0.2, 0.25) is 0 Å². The number of hydrogen-bond donors (Lipinski definition) is 2. The number of nitrogens with one attached hydrogen (secondary N) is 1. The van der Waals surface area contributed by atoms with Crippen LogP contribution >= 0.6 is 22.9 Å². The lowest BCUT2D eigenvalue weighted by Crippen LogP contribution is -2.33. The molecule has 16 heavy (non-hydrogen) atoms. The first-order valence-corrected chi connectivity index (χ1v) is 6.49. The minimum atomic E-state index is 0.245. The van der Waals surface area contributed by atoms with Crippen LogP contribution in [0.5, 0.6) is 0 Å². The summed E-state index contributed by atoms with van der Waals surface area (Å²) < 4.78 is 0.824. The highest BCUT2D eigenvalue weighted by Crippen LogP contribution is 2.23. The predicted molar refractivity (Wildman–Crippen MR) is 71.4 cm³/mol. The Balaban J connectivity index is 2.54. The van der Waals surface area contributed by atoms with Crippen LogP contribution in [0.15, 0.2) is 12.1 Å². The molecule has 0 unspecified atom stereocenters. The molecule has 3 N–H and O–H groups in total. The van der Waals surface area contributed by atoms with Crippen molar-refractivity contribution in [3.8, 4) is 0 Å². The van der Waals surface area contributed by atoms with Gasteiger partial charge in [-0.15, -0.1) is 11.3 Å². The molecule has 1 heterocycles. The van der Waals surface area contributed by atoms with Crippen molar-refractivity contribution in [2.24, 2.45) is 5.73 Å². The minimum Gasteiger partial charge on any atom is -0.388 e. The molecule has 90 valence electrons. The van der Waals surface area contributed by atoms with E-state index in [4.69, 9.17) is 22.7 Å². The van der Waals surface area contributed by atoms with Crippen molar-refractivity contribution in [2.45, 2.75) is 32.9 Å². The second-order valence-electron chi connectivity index (χ2n) is 4.05. The van der Waals surface area contributed by atoms with E-state index in [1.807, 2.05) is 6.07 Å². The lowest BCUT2D eigenvalue weighted by atomic mass is 10.2. The Morgan fingerprint density at radius 2 is 2.25 bits per heavy atom. The summed E-state index contributed by atoms with van der Waals surface area (Å²) in [5.41, 5.74) is 5.38. The smallest absolute Gasteiger partial charge is 0.0931 e. The molecular formula is C11H18ClN3S. The second-order valence-corrected chi connectivity index (χ2v) is 5.84. The van der Waals surface area contributed by atoms with Crippen molar-refractivity contribution < 1.29 is 0 Å². The van der Waals surface area contributed by atoms with E-state index in [0.717, 1.165) is 17.4 Å². The summed E-state index contributed by atoms with van der Waals surface area (Å²) in [6.45, 7) is 6.00. The van der Waals surface area contributed by atoms with Crippen molar-refractivity contribution in [1.29, 1.82) is 5.41 Å². The average molecular weight is 260 g/mol. The third-order valence-corrected chi connectivity index (χ3v) is 3.60. The maximum Gasteiger partial charge on any atom is 0.0931 e. The molecule has 0 amide bonds. The molecule has 0 aliphatic rings. The van der Waals surface area contributed by atoms with Gasteiger partial charge in [-0.1, -0.05) is 11.6 Å². The summed E-state index contributed by atoms with van der Waals surface area (Å²) in [6.07, 6.45) is 0.622. The Kier molecular flexibility index (Phi) is 5.25. The molecule has 0 aromatic carbocycles. The summed E-state index contributed by atoms with van der Waals surface area (Å²) in [6, 6.07) is 4.42. The zero-order valence-electron chi connectivity index (χ0n) is 9.66. The quantitative estimate of drug-likeness (QED) is 0.610. The van der Waals surface area contributed by atoms with Crippen LogP contribution in [0.25, 0.3) is 0 Å². The van der Waals surface area contributed by atoms with E-state index in [0.29, 0.717) is 12.5 Å². The van der Waals surface area contributed by atoms with Crippen LogP contribution in [0.3, 0.4) is 0 Å². The fourth-order valence-corrected chi connectivity index (χ4v) is 2.53. The van der Waals surface area contributed by atoms with Crippen LogP contribution in [-0.2, 0) is 6.54 Å². The monoisotopic (exact) mass is 259 g/mol. The molecule has 1 rings (SSSR count). The highest BCUT2D eigenvalue weighted by molar-refractivity contribution is 7.16. The number of nitrogens with zero attached hydrogens (tertiary/aromatic N) is 1. The Bertz CT molecular complexity index is 349. The van der Waals surface area contributed by atoms with Crippen molar-refractivity contribution >= 4 is 28.8 Å². The summed E-state index contributed by atoms with van der Waals surface area (Å²) in [7, 11) is 0. The normalized spacial score (nSPS) is 11.3. The summed E-state index contributed by atoms with van der Waals surface area (Å²) >= 11 is 7.50. The zero-order chi connectivity index (χ0) is 12.1. The van der Waals surface area contributed by atoms with E-state index < -0.39 is 0 Å². The van der Waals surface area contributed by atoms with Gasteiger partial charge >= 0.3 is 0 Å². The Morgan fingerprint density at radius 1 is 1.56 bits per heavy atom. The number of hydrogen-bond acceptors (Lipinski definition) is 3. The van der Waals surface area contributed by atoms with E-state index in [1.54, 1.807) is 11.3 Å². The summed E-state index contributed by atoms with van der Waals surface area (Å²) in [4.78, 5) is 3.55. The Labute approximate surface area is 106 Å². The number of rotatable bonds is 6. The molecule has 0 atom stereocenters. The average Bonchev–Trinajstić information content (AvgIpc) is 2.57. The topological polar surface area (TPSA) is 53.1 Å². The van der Waals surface area contributed by atoms with Gasteiger partial charge in [-0.05, 0) is 26.0 Å². The third kappa shape index (κ3) is 4.51. The molecular weight excluding hydrogens is 242 g/mol. The second kappa shape index (κ2) is 6.23. The van der Waals surface area contributed by atoms with E-state index >= 15 is 0 Å². The SMILES string of the molecule is CC(C)N(CCC(=N)N)Cc1ccc(Cl)s1. The van der Waals surface area contributed by atoms with Crippen molar-refractivity contribution in [2.75, 3.05) is 6.54 Å². The molecule has 0 radical (unpaired) electrons. The van der Waals surface area contributed by atoms with Crippen LogP contribution in [0.4, 0.5) is 0 Å². The standard InChI is InChI=1S/C11H18ClN3S/c1-8(2)15(6-5-11(13)14)7-9-3-4-10(12)16-9/h3-4,8H,5-7H2,1-2H3,(H3,13,14). The van der Waals surface area contributed by atoms with Gasteiger partial charge in [0.25, 0.3) is 0 Å². The van der Waals surface area contributed by atoms with Gasteiger partial charge in [0, 0.05) is 30.4 Å². The number of nitrogens with two attached hydrogens (primary N) is 1. The van der Waals surface area contributed by atoms with E-state index in [2.05, 4.69) is 24.8 Å². The van der Waals surface area contributed by atoms with Crippen LogP contribution in [0, 0.1) is 5.41 Å². The van der Waals surface area contributed by atoms with Gasteiger partial charge in [0.15, 0.2) is 0 Å². The van der Waals surface area contributed by atoms with E-state index in [-0.39, 0.29) is 5.84 Å². The minimum absolute atomic E-state index is 0.245. The summed E-state index contributed by atoms with van der Waals surface area (Å²) in [5.74, 6) is 0.245. The molecule has 0 spiro atoms. The van der Waals surface area contributed by atoms with Crippen LogP contribution < -0.4 is 5.73 Å². The van der Waals surface area contributed by atoms with Gasteiger partial charge in [0.05, 0.1) is 10.2 Å².